The van der Waals surface area contributed by atoms with Crippen molar-refractivity contribution in [1.82, 2.24) is 4.90 Å². The van der Waals surface area contributed by atoms with Gasteiger partial charge >= 0.3 is 5.97 Å². The minimum Gasteiger partial charge on any atom is -0.480 e. The van der Waals surface area contributed by atoms with Crippen LogP contribution in [0.25, 0.3) is 0 Å². The third-order valence-corrected chi connectivity index (χ3v) is 5.10. The molecule has 2 aliphatic rings. The van der Waals surface area contributed by atoms with Gasteiger partial charge in [0.2, 0.25) is 0 Å². The van der Waals surface area contributed by atoms with Crippen LogP contribution in [-0.4, -0.2) is 58.8 Å². The van der Waals surface area contributed by atoms with E-state index in [-0.39, 0.29) is 5.25 Å². The average molecular weight is 245 g/mol. The first-order valence-corrected chi connectivity index (χ1v) is 6.90. The van der Waals surface area contributed by atoms with E-state index in [9.17, 15) is 9.90 Å². The van der Waals surface area contributed by atoms with Crippen LogP contribution in [0.2, 0.25) is 0 Å². The summed E-state index contributed by atoms with van der Waals surface area (Å²) in [4.78, 5) is 13.8. The molecule has 16 heavy (non-hydrogen) atoms. The SMILES string of the molecule is CC1SCCCC1(C(=O)O)N1CCOCC1. The molecule has 0 amide bonds. The Morgan fingerprint density at radius 1 is 1.50 bits per heavy atom. The molecule has 92 valence electrons. The van der Waals surface area contributed by atoms with Crippen molar-refractivity contribution in [2.75, 3.05) is 32.1 Å². The fourth-order valence-corrected chi connectivity index (χ4v) is 4.04. The van der Waals surface area contributed by atoms with Gasteiger partial charge in [0.1, 0.15) is 5.54 Å². The Kier molecular flexibility index (Phi) is 3.77. The molecule has 0 aliphatic carbocycles. The average Bonchev–Trinajstić information content (AvgIpc) is 2.30. The van der Waals surface area contributed by atoms with E-state index in [0.717, 1.165) is 31.7 Å². The molecule has 2 atom stereocenters. The van der Waals surface area contributed by atoms with Gasteiger partial charge < -0.3 is 9.84 Å². The van der Waals surface area contributed by atoms with Gasteiger partial charge in [-0.25, -0.2) is 0 Å². The van der Waals surface area contributed by atoms with Crippen molar-refractivity contribution in [2.45, 2.75) is 30.6 Å². The van der Waals surface area contributed by atoms with Gasteiger partial charge in [0.05, 0.1) is 13.2 Å². The monoisotopic (exact) mass is 245 g/mol. The highest BCUT2D eigenvalue weighted by molar-refractivity contribution is 8.00. The number of carboxylic acid groups (broad SMARTS) is 1. The number of morpholine rings is 1. The van der Waals surface area contributed by atoms with E-state index in [2.05, 4.69) is 4.90 Å². The normalized spacial score (nSPS) is 37.2. The highest BCUT2D eigenvalue weighted by Crippen LogP contribution is 2.39. The van der Waals surface area contributed by atoms with E-state index >= 15 is 0 Å². The zero-order chi connectivity index (χ0) is 11.6. The Morgan fingerprint density at radius 3 is 2.75 bits per heavy atom. The predicted octanol–water partition coefficient (Wildman–Crippen LogP) is 1.06. The van der Waals surface area contributed by atoms with Crippen LogP contribution in [0.15, 0.2) is 0 Å². The molecule has 0 saturated carbocycles. The van der Waals surface area contributed by atoms with Crippen LogP contribution in [0.4, 0.5) is 0 Å². The molecule has 1 N–H and O–H groups in total. The van der Waals surface area contributed by atoms with Crippen LogP contribution in [0, 0.1) is 0 Å². The van der Waals surface area contributed by atoms with E-state index in [1.54, 1.807) is 11.8 Å². The summed E-state index contributed by atoms with van der Waals surface area (Å²) in [5.41, 5.74) is -0.660. The van der Waals surface area contributed by atoms with Gasteiger partial charge in [-0.2, -0.15) is 11.8 Å². The Hall–Kier alpha value is -0.260. The Balaban J connectivity index is 2.22. The lowest BCUT2D eigenvalue weighted by Crippen LogP contribution is -2.64. The second-order valence-electron chi connectivity index (χ2n) is 4.45. The molecule has 2 fully saturated rings. The highest BCUT2D eigenvalue weighted by atomic mass is 32.2. The van der Waals surface area contributed by atoms with Crippen molar-refractivity contribution >= 4 is 17.7 Å². The molecule has 0 spiro atoms. The molecular weight excluding hydrogens is 226 g/mol. The van der Waals surface area contributed by atoms with Gasteiger partial charge in [-0.3, -0.25) is 9.69 Å². The summed E-state index contributed by atoms with van der Waals surface area (Å²) in [7, 11) is 0. The summed E-state index contributed by atoms with van der Waals surface area (Å²) < 4.78 is 5.31. The van der Waals surface area contributed by atoms with Gasteiger partial charge in [0, 0.05) is 18.3 Å². The highest BCUT2D eigenvalue weighted by Gasteiger charge is 2.50. The lowest BCUT2D eigenvalue weighted by atomic mass is 9.87. The van der Waals surface area contributed by atoms with Crippen LogP contribution in [0.1, 0.15) is 19.8 Å². The number of carboxylic acids is 1. The lowest BCUT2D eigenvalue weighted by molar-refractivity contribution is -0.155. The molecule has 4 nitrogen and oxygen atoms in total. The van der Waals surface area contributed by atoms with E-state index < -0.39 is 11.5 Å². The Bertz CT molecular complexity index is 268. The summed E-state index contributed by atoms with van der Waals surface area (Å²) in [5.74, 6) is 0.426. The van der Waals surface area contributed by atoms with Gasteiger partial charge in [-0.1, -0.05) is 6.92 Å². The molecule has 2 unspecified atom stereocenters. The second-order valence-corrected chi connectivity index (χ2v) is 5.89. The standard InChI is InChI=1S/C11H19NO3S/c1-9-11(10(13)14,3-2-8-16-9)12-4-6-15-7-5-12/h9H,2-8H2,1H3,(H,13,14). The maximum Gasteiger partial charge on any atom is 0.325 e. The van der Waals surface area contributed by atoms with Gasteiger partial charge in [0.25, 0.3) is 0 Å². The number of ether oxygens (including phenoxy) is 1. The minimum atomic E-state index is -0.660. The summed E-state index contributed by atoms with van der Waals surface area (Å²) in [6.07, 6.45) is 1.77. The third-order valence-electron chi connectivity index (χ3n) is 3.69. The summed E-state index contributed by atoms with van der Waals surface area (Å²) in [6, 6.07) is 0. The number of hydrogen-bond acceptors (Lipinski definition) is 4. The first-order valence-electron chi connectivity index (χ1n) is 5.86. The fourth-order valence-electron chi connectivity index (χ4n) is 2.74. The molecule has 5 heteroatoms. The quantitative estimate of drug-likeness (QED) is 0.788. The first-order chi connectivity index (χ1) is 7.68. The van der Waals surface area contributed by atoms with Gasteiger partial charge in [-0.05, 0) is 18.6 Å². The number of nitrogens with zero attached hydrogens (tertiary/aromatic N) is 1. The summed E-state index contributed by atoms with van der Waals surface area (Å²) in [6.45, 7) is 4.86. The second kappa shape index (κ2) is 4.94. The molecule has 0 aromatic rings. The molecule has 0 radical (unpaired) electrons. The number of aliphatic carboxylic acids is 1. The largest absolute Gasteiger partial charge is 0.480 e. The first kappa shape index (κ1) is 12.2. The minimum absolute atomic E-state index is 0.164. The molecule has 0 bridgehead atoms. The smallest absolute Gasteiger partial charge is 0.325 e. The Labute approximate surface area is 100 Å². The molecule has 2 heterocycles. The van der Waals surface area contributed by atoms with E-state index in [4.69, 9.17) is 4.74 Å². The number of thioether (sulfide) groups is 1. The van der Waals surface area contributed by atoms with Crippen molar-refractivity contribution in [2.24, 2.45) is 0 Å². The van der Waals surface area contributed by atoms with Gasteiger partial charge in [-0.15, -0.1) is 0 Å². The third kappa shape index (κ3) is 1.96. The fraction of sp³-hybridized carbons (Fsp3) is 0.909. The number of rotatable bonds is 2. The van der Waals surface area contributed by atoms with Crippen molar-refractivity contribution < 1.29 is 14.6 Å². The van der Waals surface area contributed by atoms with Crippen LogP contribution in [-0.2, 0) is 9.53 Å². The van der Waals surface area contributed by atoms with E-state index in [1.807, 2.05) is 6.92 Å². The van der Waals surface area contributed by atoms with Crippen molar-refractivity contribution in [3.8, 4) is 0 Å². The number of hydrogen-bond donors (Lipinski definition) is 1. The van der Waals surface area contributed by atoms with Crippen LogP contribution in [0.3, 0.4) is 0 Å². The topological polar surface area (TPSA) is 49.8 Å². The zero-order valence-electron chi connectivity index (χ0n) is 9.65. The summed E-state index contributed by atoms with van der Waals surface area (Å²) in [5, 5.41) is 9.78. The van der Waals surface area contributed by atoms with Crippen molar-refractivity contribution in [3.63, 3.8) is 0 Å². The molecule has 2 rings (SSSR count). The lowest BCUT2D eigenvalue weighted by Gasteiger charge is -2.48. The molecule has 0 aromatic heterocycles. The maximum absolute atomic E-state index is 11.7. The predicted molar refractivity (Wildman–Crippen MR) is 63.9 cm³/mol. The molecular formula is C11H19NO3S. The zero-order valence-corrected chi connectivity index (χ0v) is 10.5. The number of carbonyl (C=O) groups is 1. The maximum atomic E-state index is 11.7. The molecule has 0 aromatic carbocycles. The van der Waals surface area contributed by atoms with Crippen LogP contribution in [0.5, 0.6) is 0 Å². The Morgan fingerprint density at radius 2 is 2.19 bits per heavy atom. The van der Waals surface area contributed by atoms with Crippen molar-refractivity contribution in [1.29, 1.82) is 0 Å². The summed E-state index contributed by atoms with van der Waals surface area (Å²) >= 11 is 1.78. The van der Waals surface area contributed by atoms with Gasteiger partial charge in [0.15, 0.2) is 0 Å². The van der Waals surface area contributed by atoms with E-state index in [1.165, 1.54) is 0 Å². The molecule has 2 aliphatic heterocycles. The van der Waals surface area contributed by atoms with Crippen molar-refractivity contribution in [3.05, 3.63) is 0 Å². The van der Waals surface area contributed by atoms with Crippen LogP contribution >= 0.6 is 11.8 Å². The van der Waals surface area contributed by atoms with E-state index in [0.29, 0.717) is 13.2 Å². The van der Waals surface area contributed by atoms with Crippen LogP contribution < -0.4 is 0 Å². The molecule has 2 saturated heterocycles.